The lowest BCUT2D eigenvalue weighted by atomic mass is 10.4. The van der Waals surface area contributed by atoms with Crippen LogP contribution in [0.25, 0.3) is 0 Å². The predicted octanol–water partition coefficient (Wildman–Crippen LogP) is 1.22. The first-order chi connectivity index (χ1) is 4.30. The zero-order chi connectivity index (χ0) is 6.69. The molecule has 0 aliphatic carbocycles. The molecule has 1 nitrogen and oxygen atoms in total. The highest BCUT2D eigenvalue weighted by atomic mass is 32.2. The lowest BCUT2D eigenvalue weighted by Crippen LogP contribution is -1.95. The van der Waals surface area contributed by atoms with Gasteiger partial charge in [0, 0.05) is 6.07 Å². The maximum atomic E-state index is 10.7. The third-order valence-corrected chi connectivity index (χ3v) is 1.93. The second-order valence-corrected chi connectivity index (χ2v) is 3.07. The van der Waals surface area contributed by atoms with Gasteiger partial charge in [-0.2, -0.15) is 0 Å². The van der Waals surface area contributed by atoms with Crippen molar-refractivity contribution in [3.63, 3.8) is 0 Å². The predicted molar refractivity (Wildman–Crippen MR) is 37.6 cm³/mol. The highest BCUT2D eigenvalue weighted by Crippen LogP contribution is 2.05. The van der Waals surface area contributed by atoms with E-state index >= 15 is 0 Å². The van der Waals surface area contributed by atoms with E-state index in [0.29, 0.717) is 0 Å². The molecule has 1 rings (SSSR count). The monoisotopic (exact) mass is 139 g/mol. The second-order valence-electron chi connectivity index (χ2n) is 1.69. The SMILES string of the molecule is C[S+]([O-])c1c[c]ccc1. The van der Waals surface area contributed by atoms with Crippen LogP contribution in [0.15, 0.2) is 29.2 Å². The van der Waals surface area contributed by atoms with E-state index < -0.39 is 11.2 Å². The zero-order valence-corrected chi connectivity index (χ0v) is 5.94. The van der Waals surface area contributed by atoms with Gasteiger partial charge in [-0.05, 0) is 23.3 Å². The van der Waals surface area contributed by atoms with Gasteiger partial charge >= 0.3 is 0 Å². The van der Waals surface area contributed by atoms with Crippen molar-refractivity contribution >= 4 is 11.2 Å². The molecule has 0 spiro atoms. The Labute approximate surface area is 57.9 Å². The molecule has 1 aromatic rings. The largest absolute Gasteiger partial charge is 0.612 e. The molecule has 0 saturated heterocycles. The standard InChI is InChI=1S/C7H7OS/c1-9(8)7-5-3-2-4-6-7/h2-3,5-6H,1H3. The van der Waals surface area contributed by atoms with E-state index in [-0.39, 0.29) is 0 Å². The van der Waals surface area contributed by atoms with Gasteiger partial charge in [-0.3, -0.25) is 0 Å². The van der Waals surface area contributed by atoms with Gasteiger partial charge in [0.25, 0.3) is 0 Å². The first-order valence-corrected chi connectivity index (χ1v) is 4.16. The lowest BCUT2D eigenvalue weighted by Gasteiger charge is -2.00. The maximum Gasteiger partial charge on any atom is 0.153 e. The molecule has 1 radical (unpaired) electrons. The van der Waals surface area contributed by atoms with E-state index in [2.05, 4.69) is 6.07 Å². The minimum absolute atomic E-state index is 0.831. The van der Waals surface area contributed by atoms with E-state index in [1.54, 1.807) is 18.4 Å². The second kappa shape index (κ2) is 2.90. The van der Waals surface area contributed by atoms with Crippen molar-refractivity contribution in [2.45, 2.75) is 4.90 Å². The number of benzene rings is 1. The Morgan fingerprint density at radius 1 is 1.67 bits per heavy atom. The Morgan fingerprint density at radius 3 is 2.78 bits per heavy atom. The highest BCUT2D eigenvalue weighted by Gasteiger charge is 1.98. The summed E-state index contributed by atoms with van der Waals surface area (Å²) in [7, 11) is 0. The molecular weight excluding hydrogens is 132 g/mol. The van der Waals surface area contributed by atoms with Gasteiger partial charge in [0.1, 0.15) is 6.26 Å². The molecule has 0 aliphatic heterocycles. The molecule has 1 unspecified atom stereocenters. The summed E-state index contributed by atoms with van der Waals surface area (Å²) in [5.74, 6) is 0. The maximum absolute atomic E-state index is 10.7. The van der Waals surface area contributed by atoms with Crippen molar-refractivity contribution in [3.05, 3.63) is 30.3 Å². The van der Waals surface area contributed by atoms with Gasteiger partial charge in [0.2, 0.25) is 0 Å². The summed E-state index contributed by atoms with van der Waals surface area (Å²) >= 11 is -0.860. The summed E-state index contributed by atoms with van der Waals surface area (Å²) in [4.78, 5) is 0.831. The summed E-state index contributed by atoms with van der Waals surface area (Å²) in [6.07, 6.45) is 1.66. The van der Waals surface area contributed by atoms with Crippen LogP contribution in [-0.4, -0.2) is 10.8 Å². The molecule has 0 saturated carbocycles. The smallest absolute Gasteiger partial charge is 0.153 e. The summed E-state index contributed by atoms with van der Waals surface area (Å²) in [6.45, 7) is 0. The average Bonchev–Trinajstić information content (AvgIpc) is 1.90. The molecule has 9 heavy (non-hydrogen) atoms. The van der Waals surface area contributed by atoms with Gasteiger partial charge in [-0.1, -0.05) is 12.1 Å². The topological polar surface area (TPSA) is 23.1 Å². The van der Waals surface area contributed by atoms with Crippen LogP contribution in [0.2, 0.25) is 0 Å². The molecular formula is C7H7OS. The van der Waals surface area contributed by atoms with Crippen LogP contribution in [0.1, 0.15) is 0 Å². The number of rotatable bonds is 1. The summed E-state index contributed by atoms with van der Waals surface area (Å²) in [5.41, 5.74) is 0. The van der Waals surface area contributed by atoms with Crippen LogP contribution in [0.4, 0.5) is 0 Å². The Balaban J connectivity index is 2.85. The quantitative estimate of drug-likeness (QED) is 0.536. The van der Waals surface area contributed by atoms with Crippen LogP contribution in [0, 0.1) is 6.07 Å². The molecule has 1 atom stereocenters. The number of hydrogen-bond donors (Lipinski definition) is 0. The van der Waals surface area contributed by atoms with Crippen molar-refractivity contribution in [1.29, 1.82) is 0 Å². The summed E-state index contributed by atoms with van der Waals surface area (Å²) in [5, 5.41) is 0. The molecule has 0 N–H and O–H groups in total. The van der Waals surface area contributed by atoms with Crippen LogP contribution in [0.5, 0.6) is 0 Å². The van der Waals surface area contributed by atoms with Gasteiger partial charge in [0.05, 0.1) is 0 Å². The molecule has 0 bridgehead atoms. The van der Waals surface area contributed by atoms with Crippen LogP contribution in [0.3, 0.4) is 0 Å². The highest BCUT2D eigenvalue weighted by molar-refractivity contribution is 7.90. The van der Waals surface area contributed by atoms with Crippen molar-refractivity contribution in [3.8, 4) is 0 Å². The van der Waals surface area contributed by atoms with Crippen LogP contribution < -0.4 is 0 Å². The zero-order valence-electron chi connectivity index (χ0n) is 5.13. The van der Waals surface area contributed by atoms with Gasteiger partial charge in [-0.25, -0.2) is 0 Å². The molecule has 1 aromatic carbocycles. The molecule has 0 fully saturated rings. The fraction of sp³-hybridized carbons (Fsp3) is 0.143. The minimum Gasteiger partial charge on any atom is -0.612 e. The normalized spacial score (nSPS) is 13.1. The average molecular weight is 139 g/mol. The molecule has 0 aliphatic rings. The van der Waals surface area contributed by atoms with E-state index in [0.717, 1.165) is 4.90 Å². The minimum atomic E-state index is -0.860. The molecule has 2 heteroatoms. The van der Waals surface area contributed by atoms with Gasteiger partial charge < -0.3 is 4.55 Å². The summed E-state index contributed by atoms with van der Waals surface area (Å²) < 4.78 is 10.7. The Bertz CT molecular complexity index is 172. The van der Waals surface area contributed by atoms with E-state index in [1.165, 1.54) is 0 Å². The lowest BCUT2D eigenvalue weighted by molar-refractivity contribution is 0.601. The van der Waals surface area contributed by atoms with E-state index in [4.69, 9.17) is 0 Å². The summed E-state index contributed by atoms with van der Waals surface area (Å²) in [6, 6.07) is 10.0. The van der Waals surface area contributed by atoms with Crippen molar-refractivity contribution in [2.75, 3.05) is 6.26 Å². The molecule has 0 amide bonds. The van der Waals surface area contributed by atoms with E-state index in [9.17, 15) is 4.55 Å². The van der Waals surface area contributed by atoms with Gasteiger partial charge in [-0.15, -0.1) is 0 Å². The number of hydrogen-bond acceptors (Lipinski definition) is 1. The molecule has 0 heterocycles. The third-order valence-electron chi connectivity index (χ3n) is 1.01. The fourth-order valence-corrected chi connectivity index (χ4v) is 1.06. The van der Waals surface area contributed by atoms with Gasteiger partial charge in [0.15, 0.2) is 4.90 Å². The van der Waals surface area contributed by atoms with Crippen molar-refractivity contribution in [2.24, 2.45) is 0 Å². The molecule has 47 valence electrons. The van der Waals surface area contributed by atoms with Crippen LogP contribution >= 0.6 is 0 Å². The Kier molecular flexibility index (Phi) is 2.14. The third kappa shape index (κ3) is 1.73. The Hall–Kier alpha value is -0.470. The first kappa shape index (κ1) is 6.65. The molecule has 0 aromatic heterocycles. The van der Waals surface area contributed by atoms with Crippen molar-refractivity contribution in [1.82, 2.24) is 0 Å². The fourth-order valence-electron chi connectivity index (χ4n) is 0.556. The van der Waals surface area contributed by atoms with Crippen molar-refractivity contribution < 1.29 is 4.55 Å². The Morgan fingerprint density at radius 2 is 2.44 bits per heavy atom. The van der Waals surface area contributed by atoms with E-state index in [1.807, 2.05) is 12.1 Å². The first-order valence-electron chi connectivity index (χ1n) is 2.60. The van der Waals surface area contributed by atoms with Crippen LogP contribution in [-0.2, 0) is 11.2 Å².